The van der Waals surface area contributed by atoms with Crippen molar-refractivity contribution in [3.63, 3.8) is 0 Å². The number of anilines is 2. The first kappa shape index (κ1) is 9.77. The third-order valence-electron chi connectivity index (χ3n) is 2.59. The summed E-state index contributed by atoms with van der Waals surface area (Å²) in [5.74, 6) is 0. The third-order valence-corrected chi connectivity index (χ3v) is 2.59. The summed E-state index contributed by atoms with van der Waals surface area (Å²) in [4.78, 5) is 4.36. The highest BCUT2D eigenvalue weighted by molar-refractivity contribution is 5.98. The fourth-order valence-electron chi connectivity index (χ4n) is 1.96. The number of aryl methyl sites for hydroxylation is 2. The maximum Gasteiger partial charge on any atom is 0.0753 e. The van der Waals surface area contributed by atoms with E-state index in [4.69, 9.17) is 5.73 Å². The minimum Gasteiger partial charge on any atom is -0.396 e. The fourth-order valence-corrected chi connectivity index (χ4v) is 1.96. The number of benzene rings is 1. The van der Waals surface area contributed by atoms with Gasteiger partial charge >= 0.3 is 0 Å². The Balaban J connectivity index is 2.91. The number of nitrogens with zero attached hydrogens (tertiary/aromatic N) is 1. The van der Waals surface area contributed by atoms with Crippen molar-refractivity contribution in [2.45, 2.75) is 13.8 Å². The number of rotatable bonds is 1. The first-order valence-corrected chi connectivity index (χ1v) is 4.96. The van der Waals surface area contributed by atoms with Crippen LogP contribution in [0.1, 0.15) is 11.1 Å². The number of hydrogen-bond acceptors (Lipinski definition) is 3. The fraction of sp³-hybridized carbons (Fsp3) is 0.250. The molecule has 0 saturated carbocycles. The molecular weight excluding hydrogens is 186 g/mol. The molecule has 0 aliphatic carbocycles. The zero-order valence-electron chi connectivity index (χ0n) is 9.26. The predicted octanol–water partition coefficient (Wildman–Crippen LogP) is 2.48. The number of nitrogen functional groups attached to an aromatic ring is 1. The van der Waals surface area contributed by atoms with E-state index >= 15 is 0 Å². The van der Waals surface area contributed by atoms with Gasteiger partial charge < -0.3 is 11.1 Å². The number of aromatic nitrogens is 1. The van der Waals surface area contributed by atoms with Gasteiger partial charge in [0, 0.05) is 12.4 Å². The maximum absolute atomic E-state index is 5.87. The van der Waals surface area contributed by atoms with Gasteiger partial charge in [-0.1, -0.05) is 11.6 Å². The monoisotopic (exact) mass is 201 g/mol. The van der Waals surface area contributed by atoms with Crippen LogP contribution in [0.3, 0.4) is 0 Å². The Bertz CT molecular complexity index is 518. The number of fused-ring (bicyclic) bond motifs is 1. The number of pyridine rings is 1. The molecule has 3 nitrogen and oxygen atoms in total. The lowest BCUT2D eigenvalue weighted by molar-refractivity contribution is 1.33. The lowest BCUT2D eigenvalue weighted by atomic mass is 10.1. The lowest BCUT2D eigenvalue weighted by Crippen LogP contribution is -1.99. The molecule has 2 aromatic rings. The van der Waals surface area contributed by atoms with E-state index in [9.17, 15) is 0 Å². The van der Waals surface area contributed by atoms with Crippen LogP contribution in [0, 0.1) is 13.8 Å². The van der Waals surface area contributed by atoms with Gasteiger partial charge in [-0.25, -0.2) is 0 Å². The van der Waals surface area contributed by atoms with Gasteiger partial charge in [0.1, 0.15) is 0 Å². The molecule has 0 atom stereocenters. The van der Waals surface area contributed by atoms with Crippen LogP contribution in [0.5, 0.6) is 0 Å². The van der Waals surface area contributed by atoms with Gasteiger partial charge in [0.05, 0.1) is 23.1 Å². The number of hydrogen-bond donors (Lipinski definition) is 2. The van der Waals surface area contributed by atoms with Crippen LogP contribution in [0.4, 0.5) is 11.4 Å². The highest BCUT2D eigenvalue weighted by Gasteiger charge is 2.07. The second-order valence-corrected chi connectivity index (χ2v) is 3.82. The molecule has 0 fully saturated rings. The van der Waals surface area contributed by atoms with Crippen LogP contribution in [0.25, 0.3) is 10.9 Å². The van der Waals surface area contributed by atoms with Crippen molar-refractivity contribution >= 4 is 22.3 Å². The quantitative estimate of drug-likeness (QED) is 0.745. The van der Waals surface area contributed by atoms with Crippen LogP contribution < -0.4 is 11.1 Å². The van der Waals surface area contributed by atoms with Gasteiger partial charge in [0.25, 0.3) is 0 Å². The normalized spacial score (nSPS) is 10.6. The summed E-state index contributed by atoms with van der Waals surface area (Å²) in [6.45, 7) is 4.15. The Morgan fingerprint density at radius 3 is 2.67 bits per heavy atom. The molecule has 1 aromatic heterocycles. The number of nitrogens with one attached hydrogen (secondary N) is 1. The highest BCUT2D eigenvalue weighted by Crippen LogP contribution is 2.29. The molecule has 0 amide bonds. The van der Waals surface area contributed by atoms with Crippen molar-refractivity contribution in [2.75, 3.05) is 18.1 Å². The van der Waals surface area contributed by atoms with Crippen molar-refractivity contribution < 1.29 is 0 Å². The summed E-state index contributed by atoms with van der Waals surface area (Å²) in [7, 11) is 1.88. The van der Waals surface area contributed by atoms with E-state index in [2.05, 4.69) is 36.3 Å². The molecule has 0 aliphatic rings. The van der Waals surface area contributed by atoms with E-state index in [0.29, 0.717) is 5.69 Å². The lowest BCUT2D eigenvalue weighted by Gasteiger charge is -2.11. The molecule has 1 aromatic carbocycles. The van der Waals surface area contributed by atoms with E-state index in [1.54, 1.807) is 6.20 Å². The van der Waals surface area contributed by atoms with E-state index in [1.807, 2.05) is 7.05 Å². The van der Waals surface area contributed by atoms with Gasteiger partial charge in [-0.15, -0.1) is 0 Å². The van der Waals surface area contributed by atoms with Crippen LogP contribution in [-0.2, 0) is 0 Å². The molecule has 0 spiro atoms. The Morgan fingerprint density at radius 2 is 2.00 bits per heavy atom. The van der Waals surface area contributed by atoms with Crippen LogP contribution in [0.2, 0.25) is 0 Å². The summed E-state index contributed by atoms with van der Waals surface area (Å²) in [5.41, 5.74) is 10.9. The van der Waals surface area contributed by atoms with Gasteiger partial charge in [-0.2, -0.15) is 0 Å². The van der Waals surface area contributed by atoms with Crippen molar-refractivity contribution in [1.29, 1.82) is 0 Å². The predicted molar refractivity (Wildman–Crippen MR) is 65.2 cm³/mol. The summed E-state index contributed by atoms with van der Waals surface area (Å²) in [6.07, 6.45) is 1.70. The molecule has 3 N–H and O–H groups in total. The Hall–Kier alpha value is -1.77. The second kappa shape index (κ2) is 3.42. The molecule has 15 heavy (non-hydrogen) atoms. The molecule has 0 unspecified atom stereocenters. The molecule has 0 aliphatic heterocycles. The van der Waals surface area contributed by atoms with Gasteiger partial charge in [-0.05, 0) is 25.5 Å². The van der Waals surface area contributed by atoms with Gasteiger partial charge in [0.2, 0.25) is 0 Å². The third kappa shape index (κ3) is 1.50. The molecule has 2 rings (SSSR count). The van der Waals surface area contributed by atoms with Crippen LogP contribution in [0.15, 0.2) is 18.3 Å². The van der Waals surface area contributed by atoms with Crippen molar-refractivity contribution in [3.05, 3.63) is 29.5 Å². The molecular formula is C12H15N3. The number of nitrogens with two attached hydrogens (primary N) is 1. The summed E-state index contributed by atoms with van der Waals surface area (Å²) in [5, 5.41) is 4.22. The topological polar surface area (TPSA) is 50.9 Å². The standard InChI is InChI=1S/C12H15N3/c1-7-4-8(2)11-9(5-7)12(14-3)10(13)6-15-11/h4-6H,13H2,1-3H3,(H,14,15). The molecule has 1 heterocycles. The largest absolute Gasteiger partial charge is 0.396 e. The minimum atomic E-state index is 0.690. The first-order valence-electron chi connectivity index (χ1n) is 4.96. The summed E-state index contributed by atoms with van der Waals surface area (Å²) in [6, 6.07) is 4.24. The summed E-state index contributed by atoms with van der Waals surface area (Å²) < 4.78 is 0. The van der Waals surface area contributed by atoms with E-state index in [1.165, 1.54) is 11.1 Å². The van der Waals surface area contributed by atoms with Gasteiger partial charge in [-0.3, -0.25) is 4.98 Å². The maximum atomic E-state index is 5.87. The van der Waals surface area contributed by atoms with E-state index < -0.39 is 0 Å². The van der Waals surface area contributed by atoms with E-state index in [-0.39, 0.29) is 0 Å². The van der Waals surface area contributed by atoms with Crippen LogP contribution >= 0.6 is 0 Å². The summed E-state index contributed by atoms with van der Waals surface area (Å²) >= 11 is 0. The zero-order chi connectivity index (χ0) is 11.0. The highest BCUT2D eigenvalue weighted by atomic mass is 14.9. The first-order chi connectivity index (χ1) is 7.13. The Morgan fingerprint density at radius 1 is 1.27 bits per heavy atom. The molecule has 0 bridgehead atoms. The average Bonchev–Trinajstić information content (AvgIpc) is 2.17. The van der Waals surface area contributed by atoms with Crippen molar-refractivity contribution in [1.82, 2.24) is 4.98 Å². The van der Waals surface area contributed by atoms with Gasteiger partial charge in [0.15, 0.2) is 0 Å². The van der Waals surface area contributed by atoms with Crippen LogP contribution in [-0.4, -0.2) is 12.0 Å². The average molecular weight is 201 g/mol. The molecule has 78 valence electrons. The Kier molecular flexibility index (Phi) is 2.23. The zero-order valence-corrected chi connectivity index (χ0v) is 9.26. The second-order valence-electron chi connectivity index (χ2n) is 3.82. The Labute approximate surface area is 89.3 Å². The van der Waals surface area contributed by atoms with E-state index in [0.717, 1.165) is 16.6 Å². The molecule has 0 saturated heterocycles. The smallest absolute Gasteiger partial charge is 0.0753 e. The minimum absolute atomic E-state index is 0.690. The SMILES string of the molecule is CNc1c(N)cnc2c(C)cc(C)cc12. The van der Waals surface area contributed by atoms with Crippen molar-refractivity contribution in [3.8, 4) is 0 Å². The molecule has 0 radical (unpaired) electrons. The molecule has 3 heteroatoms. The van der Waals surface area contributed by atoms with Crippen molar-refractivity contribution in [2.24, 2.45) is 0 Å².